The minimum Gasteiger partial charge on any atom is -0.493 e. The molecule has 0 aliphatic heterocycles. The Hall–Kier alpha value is -3.22. The van der Waals surface area contributed by atoms with Crippen LogP contribution in [0.15, 0.2) is 36.4 Å². The van der Waals surface area contributed by atoms with Crippen LogP contribution in [0.5, 0.6) is 17.2 Å². The minimum atomic E-state index is -0.222. The van der Waals surface area contributed by atoms with Crippen molar-refractivity contribution in [3.63, 3.8) is 0 Å². The zero-order valence-electron chi connectivity index (χ0n) is 16.6. The van der Waals surface area contributed by atoms with Gasteiger partial charge in [0.25, 0.3) is 5.91 Å². The number of benzene rings is 2. The van der Waals surface area contributed by atoms with Gasteiger partial charge in [-0.2, -0.15) is 0 Å². The summed E-state index contributed by atoms with van der Waals surface area (Å²) in [6.45, 7) is 2.59. The number of methoxy groups -OCH3 is 3. The van der Waals surface area contributed by atoms with Gasteiger partial charge in [-0.05, 0) is 42.3 Å². The number of hydrogen-bond donors (Lipinski definition) is 2. The summed E-state index contributed by atoms with van der Waals surface area (Å²) in [6.07, 6.45) is 0.972. The molecular weight excluding hydrogens is 360 g/mol. The lowest BCUT2D eigenvalue weighted by Crippen LogP contribution is -2.24. The molecule has 7 heteroatoms. The molecule has 0 bridgehead atoms. The van der Waals surface area contributed by atoms with Gasteiger partial charge in [-0.15, -0.1) is 0 Å². The molecule has 150 valence electrons. The molecule has 0 aromatic heterocycles. The van der Waals surface area contributed by atoms with E-state index in [9.17, 15) is 9.59 Å². The second-order valence-electron chi connectivity index (χ2n) is 6.10. The molecule has 0 saturated carbocycles. The highest BCUT2D eigenvalue weighted by Gasteiger charge is 2.15. The van der Waals surface area contributed by atoms with Crippen LogP contribution in [0.2, 0.25) is 0 Å². The van der Waals surface area contributed by atoms with Crippen LogP contribution in [0.3, 0.4) is 0 Å². The maximum atomic E-state index is 12.5. The zero-order valence-corrected chi connectivity index (χ0v) is 16.6. The van der Waals surface area contributed by atoms with Crippen molar-refractivity contribution in [3.05, 3.63) is 47.5 Å². The monoisotopic (exact) mass is 386 g/mol. The van der Waals surface area contributed by atoms with Crippen molar-refractivity contribution in [1.29, 1.82) is 0 Å². The molecule has 2 N–H and O–H groups in total. The van der Waals surface area contributed by atoms with Crippen molar-refractivity contribution in [2.24, 2.45) is 0 Å². The predicted octanol–water partition coefficient (Wildman–Crippen LogP) is 3.03. The van der Waals surface area contributed by atoms with Crippen LogP contribution in [0.25, 0.3) is 0 Å². The van der Waals surface area contributed by atoms with Crippen LogP contribution < -0.4 is 24.8 Å². The first-order valence-corrected chi connectivity index (χ1v) is 8.99. The largest absolute Gasteiger partial charge is 0.493 e. The maximum absolute atomic E-state index is 12.5. The standard InChI is InChI=1S/C21H26N2O5/c1-5-9-22-21(25)15-7-6-8-16(13-15)23-19(24)12-14-10-17(26-2)20(28-4)18(11-14)27-3/h6-8,10-11,13H,5,9,12H2,1-4H3,(H,22,25)(H,23,24). The summed E-state index contributed by atoms with van der Waals surface area (Å²) in [7, 11) is 4.57. The van der Waals surface area contributed by atoms with Crippen LogP contribution in [0.4, 0.5) is 5.69 Å². The fourth-order valence-electron chi connectivity index (χ4n) is 2.71. The number of ether oxygens (including phenoxy) is 3. The van der Waals surface area contributed by atoms with Crippen LogP contribution in [0, 0.1) is 0 Å². The van der Waals surface area contributed by atoms with E-state index in [4.69, 9.17) is 14.2 Å². The van der Waals surface area contributed by atoms with E-state index in [0.29, 0.717) is 40.6 Å². The highest BCUT2D eigenvalue weighted by Crippen LogP contribution is 2.38. The Kier molecular flexibility index (Phi) is 7.68. The lowest BCUT2D eigenvalue weighted by molar-refractivity contribution is -0.115. The van der Waals surface area contributed by atoms with E-state index in [0.717, 1.165) is 6.42 Å². The maximum Gasteiger partial charge on any atom is 0.251 e. The molecule has 28 heavy (non-hydrogen) atoms. The molecule has 0 aliphatic rings. The molecule has 0 atom stereocenters. The second kappa shape index (κ2) is 10.2. The van der Waals surface area contributed by atoms with E-state index in [1.165, 1.54) is 21.3 Å². The van der Waals surface area contributed by atoms with Gasteiger partial charge in [0.05, 0.1) is 27.8 Å². The van der Waals surface area contributed by atoms with Crippen molar-refractivity contribution in [1.82, 2.24) is 5.32 Å². The highest BCUT2D eigenvalue weighted by molar-refractivity contribution is 5.97. The number of carbonyl (C=O) groups is 2. The third kappa shape index (κ3) is 5.39. The van der Waals surface area contributed by atoms with E-state index < -0.39 is 0 Å². The van der Waals surface area contributed by atoms with Gasteiger partial charge in [-0.25, -0.2) is 0 Å². The number of hydrogen-bond acceptors (Lipinski definition) is 5. The van der Waals surface area contributed by atoms with E-state index in [1.54, 1.807) is 36.4 Å². The van der Waals surface area contributed by atoms with Gasteiger partial charge in [0.2, 0.25) is 11.7 Å². The number of anilines is 1. The Morgan fingerprint density at radius 1 is 0.964 bits per heavy atom. The molecule has 2 rings (SSSR count). The van der Waals surface area contributed by atoms with Crippen molar-refractivity contribution in [2.75, 3.05) is 33.2 Å². The van der Waals surface area contributed by atoms with Gasteiger partial charge in [0.1, 0.15) is 0 Å². The molecule has 0 saturated heterocycles. The normalized spacial score (nSPS) is 10.1. The average Bonchev–Trinajstić information content (AvgIpc) is 2.71. The summed E-state index contributed by atoms with van der Waals surface area (Å²) >= 11 is 0. The Bertz CT molecular complexity index is 810. The Morgan fingerprint density at radius 3 is 2.21 bits per heavy atom. The second-order valence-corrected chi connectivity index (χ2v) is 6.10. The van der Waals surface area contributed by atoms with Gasteiger partial charge in [-0.1, -0.05) is 13.0 Å². The Labute approximate surface area is 165 Å². The van der Waals surface area contributed by atoms with Crippen molar-refractivity contribution >= 4 is 17.5 Å². The van der Waals surface area contributed by atoms with Gasteiger partial charge >= 0.3 is 0 Å². The smallest absolute Gasteiger partial charge is 0.251 e. The molecule has 7 nitrogen and oxygen atoms in total. The Balaban J connectivity index is 2.11. The molecular formula is C21H26N2O5. The van der Waals surface area contributed by atoms with Crippen molar-refractivity contribution in [2.45, 2.75) is 19.8 Å². The number of carbonyl (C=O) groups excluding carboxylic acids is 2. The van der Waals surface area contributed by atoms with Gasteiger partial charge < -0.3 is 24.8 Å². The highest BCUT2D eigenvalue weighted by atomic mass is 16.5. The van der Waals surface area contributed by atoms with Crippen molar-refractivity contribution < 1.29 is 23.8 Å². The molecule has 0 fully saturated rings. The first-order valence-electron chi connectivity index (χ1n) is 8.99. The van der Waals surface area contributed by atoms with Crippen LogP contribution >= 0.6 is 0 Å². The van der Waals surface area contributed by atoms with Gasteiger partial charge in [0.15, 0.2) is 11.5 Å². The van der Waals surface area contributed by atoms with Crippen molar-refractivity contribution in [3.8, 4) is 17.2 Å². The van der Waals surface area contributed by atoms with Gasteiger partial charge in [0, 0.05) is 17.8 Å². The lowest BCUT2D eigenvalue weighted by atomic mass is 10.1. The molecule has 0 radical (unpaired) electrons. The summed E-state index contributed by atoms with van der Waals surface area (Å²) in [5.74, 6) is 1.06. The SMILES string of the molecule is CCCNC(=O)c1cccc(NC(=O)Cc2cc(OC)c(OC)c(OC)c2)c1. The van der Waals surface area contributed by atoms with Crippen LogP contribution in [0.1, 0.15) is 29.3 Å². The molecule has 2 aromatic rings. The first kappa shape index (κ1) is 21.1. The number of amides is 2. The van der Waals surface area contributed by atoms with E-state index in [-0.39, 0.29) is 18.2 Å². The van der Waals surface area contributed by atoms with Crippen LogP contribution in [-0.4, -0.2) is 39.7 Å². The van der Waals surface area contributed by atoms with E-state index in [1.807, 2.05) is 6.92 Å². The predicted molar refractivity (Wildman–Crippen MR) is 107 cm³/mol. The summed E-state index contributed by atoms with van der Waals surface area (Å²) in [5.41, 5.74) is 1.77. The fourth-order valence-corrected chi connectivity index (χ4v) is 2.71. The molecule has 0 spiro atoms. The molecule has 2 amide bonds. The number of nitrogens with one attached hydrogen (secondary N) is 2. The van der Waals surface area contributed by atoms with E-state index >= 15 is 0 Å². The fraction of sp³-hybridized carbons (Fsp3) is 0.333. The average molecular weight is 386 g/mol. The van der Waals surface area contributed by atoms with Crippen LogP contribution in [-0.2, 0) is 11.2 Å². The molecule has 0 heterocycles. The quantitative estimate of drug-likeness (QED) is 0.692. The summed E-state index contributed by atoms with van der Waals surface area (Å²) in [4.78, 5) is 24.5. The number of rotatable bonds is 9. The summed E-state index contributed by atoms with van der Waals surface area (Å²) in [5, 5.41) is 5.63. The third-order valence-corrected chi connectivity index (χ3v) is 4.03. The zero-order chi connectivity index (χ0) is 20.5. The lowest BCUT2D eigenvalue weighted by Gasteiger charge is -2.14. The summed E-state index contributed by atoms with van der Waals surface area (Å²) < 4.78 is 15.9. The molecule has 0 unspecified atom stereocenters. The minimum absolute atomic E-state index is 0.114. The molecule has 0 aliphatic carbocycles. The Morgan fingerprint density at radius 2 is 1.64 bits per heavy atom. The topological polar surface area (TPSA) is 85.9 Å². The summed E-state index contributed by atoms with van der Waals surface area (Å²) in [6, 6.07) is 10.3. The molecule has 2 aromatic carbocycles. The first-order chi connectivity index (χ1) is 13.5. The van der Waals surface area contributed by atoms with E-state index in [2.05, 4.69) is 10.6 Å². The third-order valence-electron chi connectivity index (χ3n) is 4.03. The van der Waals surface area contributed by atoms with Gasteiger partial charge in [-0.3, -0.25) is 9.59 Å².